The molecular formula is C31H29N5O7. The molecule has 43 heavy (non-hydrogen) atoms. The van der Waals surface area contributed by atoms with E-state index < -0.39 is 29.1 Å². The molecule has 0 saturated heterocycles. The van der Waals surface area contributed by atoms with Crippen LogP contribution in [0.5, 0.6) is 11.5 Å². The Morgan fingerprint density at radius 2 is 1.95 bits per heavy atom. The number of pyridine rings is 1. The van der Waals surface area contributed by atoms with Gasteiger partial charge in [-0.2, -0.15) is 4.68 Å². The number of carboxylic acid groups (broad SMARTS) is 1. The fourth-order valence-corrected chi connectivity index (χ4v) is 6.20. The van der Waals surface area contributed by atoms with Gasteiger partial charge in [-0.15, -0.1) is 5.10 Å². The van der Waals surface area contributed by atoms with Crippen LogP contribution >= 0.6 is 0 Å². The number of nitrogens with one attached hydrogen (secondary N) is 1. The molecule has 12 nitrogen and oxygen atoms in total. The summed E-state index contributed by atoms with van der Waals surface area (Å²) in [5, 5.41) is 18.3. The number of carbonyl (C=O) groups is 3. The first-order valence-electron chi connectivity index (χ1n) is 13.9. The zero-order chi connectivity index (χ0) is 30.3. The van der Waals surface area contributed by atoms with Crippen molar-refractivity contribution in [2.45, 2.75) is 50.5 Å². The molecule has 220 valence electrons. The number of nitrogens with zero attached hydrogens (tertiary/aromatic N) is 4. The quantitative estimate of drug-likeness (QED) is 0.322. The van der Waals surface area contributed by atoms with E-state index in [0.717, 1.165) is 22.4 Å². The number of rotatable bonds is 4. The van der Waals surface area contributed by atoms with Crippen LogP contribution in [0.3, 0.4) is 0 Å². The Morgan fingerprint density at radius 3 is 2.70 bits per heavy atom. The highest BCUT2D eigenvalue weighted by molar-refractivity contribution is 6.22. The van der Waals surface area contributed by atoms with Gasteiger partial charge in [0, 0.05) is 29.5 Å². The van der Waals surface area contributed by atoms with Crippen molar-refractivity contribution in [3.05, 3.63) is 65.4 Å². The molecule has 2 atom stereocenters. The fourth-order valence-electron chi connectivity index (χ4n) is 6.20. The van der Waals surface area contributed by atoms with E-state index in [1.165, 1.54) is 11.8 Å². The number of amides is 2. The van der Waals surface area contributed by atoms with Gasteiger partial charge in [0.05, 0.1) is 30.3 Å². The average molecular weight is 584 g/mol. The summed E-state index contributed by atoms with van der Waals surface area (Å²) in [5.41, 5.74) is 1.38. The van der Waals surface area contributed by atoms with Crippen LogP contribution in [0.15, 0.2) is 48.7 Å². The van der Waals surface area contributed by atoms with E-state index in [-0.39, 0.29) is 5.92 Å². The van der Waals surface area contributed by atoms with Crippen LogP contribution < -0.4 is 19.7 Å². The minimum atomic E-state index is -1.34. The van der Waals surface area contributed by atoms with E-state index in [9.17, 15) is 19.5 Å². The lowest BCUT2D eigenvalue weighted by atomic mass is 9.91. The summed E-state index contributed by atoms with van der Waals surface area (Å²) in [6, 6.07) is 12.4. The van der Waals surface area contributed by atoms with E-state index in [2.05, 4.69) is 15.4 Å². The van der Waals surface area contributed by atoms with E-state index >= 15 is 0 Å². The molecule has 4 heterocycles. The third-order valence-corrected chi connectivity index (χ3v) is 8.18. The van der Waals surface area contributed by atoms with Gasteiger partial charge < -0.3 is 24.6 Å². The molecule has 2 aliphatic heterocycles. The fraction of sp³-hybridized carbons (Fsp3) is 0.323. The molecule has 2 aromatic heterocycles. The Morgan fingerprint density at radius 1 is 1.14 bits per heavy atom. The minimum absolute atomic E-state index is 0.328. The van der Waals surface area contributed by atoms with E-state index in [1.807, 2.05) is 24.3 Å². The third kappa shape index (κ3) is 4.08. The predicted molar refractivity (Wildman–Crippen MR) is 156 cm³/mol. The lowest BCUT2D eigenvalue weighted by molar-refractivity contribution is -0.119. The van der Waals surface area contributed by atoms with Crippen LogP contribution in [0.4, 0.5) is 26.9 Å². The maximum absolute atomic E-state index is 13.7. The normalized spacial score (nSPS) is 20.1. The number of ether oxygens (including phenoxy) is 3. The summed E-state index contributed by atoms with van der Waals surface area (Å²) in [5.74, 6) is 1.23. The number of aromatic nitrogens is 3. The molecule has 1 spiro atoms. The van der Waals surface area contributed by atoms with Crippen molar-refractivity contribution in [1.82, 2.24) is 14.8 Å². The average Bonchev–Trinajstić information content (AvgIpc) is 3.22. The third-order valence-electron chi connectivity index (χ3n) is 8.18. The molecule has 0 bridgehead atoms. The number of hydrogen-bond acceptors (Lipinski definition) is 9. The summed E-state index contributed by atoms with van der Waals surface area (Å²) < 4.78 is 18.0. The zero-order valence-corrected chi connectivity index (χ0v) is 24.0. The Kier molecular flexibility index (Phi) is 5.71. The second-order valence-corrected chi connectivity index (χ2v) is 11.9. The van der Waals surface area contributed by atoms with Gasteiger partial charge in [0.2, 0.25) is 5.91 Å². The topological polar surface area (TPSA) is 145 Å². The second kappa shape index (κ2) is 9.18. The molecule has 3 aliphatic rings. The number of hydrogen-bond donors (Lipinski definition) is 2. The van der Waals surface area contributed by atoms with Crippen LogP contribution in [-0.4, -0.2) is 57.3 Å². The Hall–Kier alpha value is -5.13. The highest BCUT2D eigenvalue weighted by atomic mass is 16.6. The van der Waals surface area contributed by atoms with Crippen molar-refractivity contribution in [2.75, 3.05) is 23.9 Å². The molecule has 7 rings (SSSR count). The van der Waals surface area contributed by atoms with Crippen molar-refractivity contribution >= 4 is 46.3 Å². The van der Waals surface area contributed by atoms with Crippen LogP contribution in [0.2, 0.25) is 0 Å². The number of imide groups is 1. The minimum Gasteiger partial charge on any atom is -0.497 e. The van der Waals surface area contributed by atoms with Crippen LogP contribution in [-0.2, 0) is 21.4 Å². The number of carbonyl (C=O) groups excluding carboxylic acids is 2. The number of benzene rings is 2. The summed E-state index contributed by atoms with van der Waals surface area (Å²) in [6.45, 7) is 5.88. The van der Waals surface area contributed by atoms with Gasteiger partial charge in [0.15, 0.2) is 17.4 Å². The molecule has 2 amide bonds. The molecule has 1 aliphatic carbocycles. The molecule has 1 fully saturated rings. The number of methoxy groups -OCH3 is 1. The first-order chi connectivity index (χ1) is 20.5. The summed E-state index contributed by atoms with van der Waals surface area (Å²) in [6.07, 6.45) is 0.876. The summed E-state index contributed by atoms with van der Waals surface area (Å²) in [4.78, 5) is 44.4. The molecule has 0 radical (unpaired) electrons. The van der Waals surface area contributed by atoms with Crippen LogP contribution in [0, 0.1) is 0 Å². The molecule has 4 aromatic rings. The van der Waals surface area contributed by atoms with Gasteiger partial charge in [-0.05, 0) is 74.7 Å². The number of anilines is 3. The van der Waals surface area contributed by atoms with E-state index in [0.29, 0.717) is 58.3 Å². The Labute approximate surface area is 246 Å². The largest absolute Gasteiger partial charge is 0.497 e. The van der Waals surface area contributed by atoms with Crippen LogP contribution in [0.25, 0.3) is 10.9 Å². The van der Waals surface area contributed by atoms with Gasteiger partial charge in [0.1, 0.15) is 11.4 Å². The van der Waals surface area contributed by atoms with Crippen LogP contribution in [0.1, 0.15) is 49.8 Å². The second-order valence-electron chi connectivity index (χ2n) is 11.9. The first-order valence-corrected chi connectivity index (χ1v) is 13.9. The van der Waals surface area contributed by atoms with E-state index in [4.69, 9.17) is 14.2 Å². The van der Waals surface area contributed by atoms with Gasteiger partial charge in [-0.25, -0.2) is 19.5 Å². The summed E-state index contributed by atoms with van der Waals surface area (Å²) in [7, 11) is 1.52. The van der Waals surface area contributed by atoms with Gasteiger partial charge in [0.25, 0.3) is 0 Å². The highest BCUT2D eigenvalue weighted by Crippen LogP contribution is 2.67. The molecule has 12 heteroatoms. The molecule has 2 aromatic carbocycles. The zero-order valence-electron chi connectivity index (χ0n) is 24.0. The molecule has 2 N–H and O–H groups in total. The molecular weight excluding hydrogens is 554 g/mol. The van der Waals surface area contributed by atoms with Gasteiger partial charge in [-0.1, -0.05) is 6.07 Å². The van der Waals surface area contributed by atoms with Crippen molar-refractivity contribution < 1.29 is 33.7 Å². The maximum atomic E-state index is 13.7. The van der Waals surface area contributed by atoms with Crippen molar-refractivity contribution in [3.63, 3.8) is 0 Å². The lowest BCUT2D eigenvalue weighted by Gasteiger charge is -2.19. The van der Waals surface area contributed by atoms with Crippen molar-refractivity contribution in [2.24, 2.45) is 0 Å². The summed E-state index contributed by atoms with van der Waals surface area (Å²) >= 11 is 0. The first kappa shape index (κ1) is 26.7. The lowest BCUT2D eigenvalue weighted by Crippen LogP contribution is -2.36. The number of fused-ring (bicyclic) bond motifs is 4. The van der Waals surface area contributed by atoms with Crippen molar-refractivity contribution in [3.8, 4) is 11.5 Å². The Bertz CT molecular complexity index is 1860. The molecule has 0 unspecified atom stereocenters. The van der Waals surface area contributed by atoms with E-state index in [1.54, 1.807) is 45.2 Å². The van der Waals surface area contributed by atoms with Gasteiger partial charge in [-0.3, -0.25) is 4.79 Å². The van der Waals surface area contributed by atoms with Gasteiger partial charge >= 0.3 is 12.2 Å². The predicted octanol–water partition coefficient (Wildman–Crippen LogP) is 5.35. The monoisotopic (exact) mass is 583 g/mol. The maximum Gasteiger partial charge on any atom is 0.435 e. The van der Waals surface area contributed by atoms with Crippen molar-refractivity contribution in [1.29, 1.82) is 0 Å². The Balaban J connectivity index is 1.32. The molecule has 1 saturated carbocycles. The SMILES string of the molecule is COc1ccc2c(c1)[C@]1(C[C@H]1c1ccc3c(Nc4nccc5c4OCC5)nn(C(=O)OC(C)(C)C)c3c1)C(=O)N2C(=O)O. The highest BCUT2D eigenvalue weighted by Gasteiger charge is 2.68. The smallest absolute Gasteiger partial charge is 0.435 e. The standard InChI is InChI=1S/C31H29N5O7/c1-30(2,3)43-29(40)36-23-13-17(5-7-19(23)25(34-36)33-26-24-16(9-11-32-26)10-12-42-24)21-15-31(21)20-14-18(41-4)6-8-22(20)35(27(31)37)28(38)39/h5-9,11,13-14,21H,10,12,15H2,1-4H3,(H,38,39)(H,32,33,34)/t21-,31-/m0/s1.